The van der Waals surface area contributed by atoms with E-state index in [2.05, 4.69) is 52.2 Å². The lowest BCUT2D eigenvalue weighted by Gasteiger charge is -2.17. The first-order valence-electron chi connectivity index (χ1n) is 7.87. The van der Waals surface area contributed by atoms with Gasteiger partial charge in [-0.25, -0.2) is 0 Å². The van der Waals surface area contributed by atoms with Crippen molar-refractivity contribution >= 4 is 41.3 Å². The Bertz CT molecular complexity index is 599. The van der Waals surface area contributed by atoms with E-state index in [1.165, 1.54) is 10.4 Å². The number of benzene rings is 1. The van der Waals surface area contributed by atoms with Crippen LogP contribution in [0.2, 0.25) is 0 Å². The molecule has 0 aliphatic rings. The molecule has 2 rings (SSSR count). The molecule has 1 atom stereocenters. The van der Waals surface area contributed by atoms with Gasteiger partial charge in [0.2, 0.25) is 0 Å². The van der Waals surface area contributed by atoms with Gasteiger partial charge in [-0.15, -0.1) is 35.3 Å². The number of halogens is 1. The largest absolute Gasteiger partial charge is 0.489 e. The predicted molar refractivity (Wildman–Crippen MR) is 114 cm³/mol. The molecule has 0 saturated carbocycles. The van der Waals surface area contributed by atoms with Crippen molar-refractivity contribution in [3.05, 3.63) is 52.2 Å². The van der Waals surface area contributed by atoms with Gasteiger partial charge in [-0.2, -0.15) is 0 Å². The molecule has 4 nitrogen and oxygen atoms in total. The van der Waals surface area contributed by atoms with Gasteiger partial charge < -0.3 is 15.4 Å². The smallest absolute Gasteiger partial charge is 0.191 e. The minimum absolute atomic E-state index is 0. The van der Waals surface area contributed by atoms with E-state index in [-0.39, 0.29) is 30.1 Å². The number of hydrogen-bond donors (Lipinski definition) is 2. The second-order valence-electron chi connectivity index (χ2n) is 5.45. The molecule has 1 aromatic heterocycles. The number of ether oxygens (including phenoxy) is 1. The molecule has 1 aromatic carbocycles. The maximum atomic E-state index is 5.88. The zero-order valence-electron chi connectivity index (χ0n) is 14.4. The fourth-order valence-corrected chi connectivity index (χ4v) is 2.82. The van der Waals surface area contributed by atoms with Crippen LogP contribution in [0.4, 0.5) is 0 Å². The van der Waals surface area contributed by atoms with E-state index in [1.807, 2.05) is 19.1 Å². The molecule has 1 heterocycles. The van der Waals surface area contributed by atoms with Crippen molar-refractivity contribution in [3.8, 4) is 5.75 Å². The number of aryl methyl sites for hydroxylation is 1. The Morgan fingerprint density at radius 1 is 1.21 bits per heavy atom. The molecule has 0 aliphatic carbocycles. The Kier molecular flexibility index (Phi) is 9.78. The highest BCUT2D eigenvalue weighted by molar-refractivity contribution is 14.0. The third-order valence-corrected chi connectivity index (χ3v) is 4.32. The quantitative estimate of drug-likeness (QED) is 0.376. The molecule has 0 amide bonds. The highest BCUT2D eigenvalue weighted by atomic mass is 127. The van der Waals surface area contributed by atoms with Crippen LogP contribution in [-0.2, 0) is 6.42 Å². The third-order valence-electron chi connectivity index (χ3n) is 3.38. The van der Waals surface area contributed by atoms with Gasteiger partial charge >= 0.3 is 0 Å². The fourth-order valence-electron chi connectivity index (χ4n) is 2.11. The Labute approximate surface area is 165 Å². The van der Waals surface area contributed by atoms with Crippen LogP contribution in [-0.4, -0.2) is 32.2 Å². The Morgan fingerprint density at radius 2 is 1.96 bits per heavy atom. The van der Waals surface area contributed by atoms with Gasteiger partial charge in [0.25, 0.3) is 0 Å². The van der Waals surface area contributed by atoms with Gasteiger partial charge in [-0.3, -0.25) is 4.99 Å². The molecule has 6 heteroatoms. The van der Waals surface area contributed by atoms with Crippen LogP contribution >= 0.6 is 35.3 Å². The lowest BCUT2D eigenvalue weighted by molar-refractivity contribution is 0.224. The maximum Gasteiger partial charge on any atom is 0.191 e. The maximum absolute atomic E-state index is 5.88. The van der Waals surface area contributed by atoms with Gasteiger partial charge in [-0.05, 0) is 43.8 Å². The van der Waals surface area contributed by atoms with Crippen LogP contribution in [0.25, 0.3) is 0 Å². The first kappa shape index (κ1) is 20.8. The highest BCUT2D eigenvalue weighted by Crippen LogP contribution is 2.13. The number of nitrogens with zero attached hydrogens (tertiary/aromatic N) is 1. The Hall–Kier alpha value is -1.28. The van der Waals surface area contributed by atoms with Crippen molar-refractivity contribution in [2.45, 2.75) is 26.4 Å². The van der Waals surface area contributed by atoms with Crippen molar-refractivity contribution in [3.63, 3.8) is 0 Å². The molecule has 0 aliphatic heterocycles. The summed E-state index contributed by atoms with van der Waals surface area (Å²) >= 11 is 1.78. The second kappa shape index (κ2) is 11.3. The van der Waals surface area contributed by atoms with E-state index in [9.17, 15) is 0 Å². The van der Waals surface area contributed by atoms with Crippen molar-refractivity contribution in [2.75, 3.05) is 20.1 Å². The average Bonchev–Trinajstić information content (AvgIpc) is 3.06. The van der Waals surface area contributed by atoms with Crippen molar-refractivity contribution < 1.29 is 4.74 Å². The van der Waals surface area contributed by atoms with Crippen LogP contribution in [0.5, 0.6) is 5.75 Å². The Balaban J connectivity index is 0.00000288. The molecule has 0 fully saturated rings. The van der Waals surface area contributed by atoms with Gasteiger partial charge in [-0.1, -0.05) is 23.8 Å². The number of guanidine groups is 1. The Morgan fingerprint density at radius 3 is 2.58 bits per heavy atom. The first-order chi connectivity index (χ1) is 11.2. The molecule has 0 saturated heterocycles. The van der Waals surface area contributed by atoms with E-state index in [1.54, 1.807) is 18.4 Å². The van der Waals surface area contributed by atoms with Crippen LogP contribution in [0, 0.1) is 6.92 Å². The summed E-state index contributed by atoms with van der Waals surface area (Å²) in [7, 11) is 1.78. The number of thiophene rings is 1. The topological polar surface area (TPSA) is 45.7 Å². The van der Waals surface area contributed by atoms with E-state index in [0.717, 1.165) is 24.7 Å². The van der Waals surface area contributed by atoms with E-state index in [0.29, 0.717) is 6.54 Å². The van der Waals surface area contributed by atoms with Gasteiger partial charge in [0.1, 0.15) is 11.9 Å². The van der Waals surface area contributed by atoms with Crippen molar-refractivity contribution in [1.82, 2.24) is 10.6 Å². The van der Waals surface area contributed by atoms with E-state index in [4.69, 9.17) is 4.74 Å². The summed E-state index contributed by atoms with van der Waals surface area (Å²) in [5.41, 5.74) is 1.23. The summed E-state index contributed by atoms with van der Waals surface area (Å²) in [6, 6.07) is 12.3. The predicted octanol–water partition coefficient (Wildman–Crippen LogP) is 3.85. The number of rotatable bonds is 7. The van der Waals surface area contributed by atoms with Crippen LogP contribution in [0.3, 0.4) is 0 Å². The van der Waals surface area contributed by atoms with E-state index >= 15 is 0 Å². The summed E-state index contributed by atoms with van der Waals surface area (Å²) in [4.78, 5) is 5.62. The number of hydrogen-bond acceptors (Lipinski definition) is 3. The molecular formula is C18H26IN3OS. The molecule has 2 N–H and O–H groups in total. The number of nitrogens with one attached hydrogen (secondary N) is 2. The van der Waals surface area contributed by atoms with E-state index < -0.39 is 0 Å². The SMILES string of the molecule is CN=C(NCCc1cccs1)NCC(C)Oc1ccc(C)cc1.I. The molecule has 0 bridgehead atoms. The second-order valence-corrected chi connectivity index (χ2v) is 6.48. The lowest BCUT2D eigenvalue weighted by Crippen LogP contribution is -2.42. The van der Waals surface area contributed by atoms with Crippen molar-refractivity contribution in [2.24, 2.45) is 4.99 Å². The summed E-state index contributed by atoms with van der Waals surface area (Å²) < 4.78 is 5.88. The average molecular weight is 459 g/mol. The van der Waals surface area contributed by atoms with Crippen molar-refractivity contribution in [1.29, 1.82) is 0 Å². The van der Waals surface area contributed by atoms with Crippen LogP contribution in [0.1, 0.15) is 17.4 Å². The lowest BCUT2D eigenvalue weighted by atomic mass is 10.2. The van der Waals surface area contributed by atoms with Gasteiger partial charge in [0.05, 0.1) is 6.54 Å². The zero-order valence-corrected chi connectivity index (χ0v) is 17.6. The minimum atomic E-state index is 0. The molecule has 0 radical (unpaired) electrons. The summed E-state index contributed by atoms with van der Waals surface area (Å²) in [6.07, 6.45) is 1.07. The standard InChI is InChI=1S/C18H25N3OS.HI/c1-14-6-8-16(9-7-14)22-15(2)13-21-18(19-3)20-11-10-17-5-4-12-23-17;/h4-9,12,15H,10-11,13H2,1-3H3,(H2,19,20,21);1H. The summed E-state index contributed by atoms with van der Waals surface area (Å²) in [6.45, 7) is 5.69. The van der Waals surface area contributed by atoms with Gasteiger partial charge in [0.15, 0.2) is 5.96 Å². The molecule has 1 unspecified atom stereocenters. The third kappa shape index (κ3) is 7.53. The molecular weight excluding hydrogens is 433 g/mol. The highest BCUT2D eigenvalue weighted by Gasteiger charge is 2.05. The monoisotopic (exact) mass is 459 g/mol. The van der Waals surface area contributed by atoms with Crippen LogP contribution in [0.15, 0.2) is 46.8 Å². The van der Waals surface area contributed by atoms with Crippen LogP contribution < -0.4 is 15.4 Å². The molecule has 132 valence electrons. The normalized spacial score (nSPS) is 12.2. The molecule has 2 aromatic rings. The number of aliphatic imine (C=N–C) groups is 1. The molecule has 24 heavy (non-hydrogen) atoms. The zero-order chi connectivity index (χ0) is 16.5. The summed E-state index contributed by atoms with van der Waals surface area (Å²) in [5.74, 6) is 1.70. The van der Waals surface area contributed by atoms with Gasteiger partial charge in [0, 0.05) is 18.5 Å². The molecule has 0 spiro atoms. The fraction of sp³-hybridized carbons (Fsp3) is 0.389. The minimum Gasteiger partial charge on any atom is -0.489 e. The first-order valence-corrected chi connectivity index (χ1v) is 8.75. The summed E-state index contributed by atoms with van der Waals surface area (Å²) in [5, 5.41) is 8.73.